The minimum atomic E-state index is 0.109. The fourth-order valence-electron chi connectivity index (χ4n) is 6.00. The normalized spacial score (nSPS) is 21.1. The van der Waals surface area contributed by atoms with Crippen molar-refractivity contribution in [1.82, 2.24) is 29.9 Å². The molecule has 4 heterocycles. The standard InChI is InChI=1S/C28H30N6O3/c1-36-20-9-17(10-20)28(35)33-14-19(15-33)34-13-18(12-29-34)25-27-23(31-32-25)11-24(37-2)26(30-27)22-8-4-6-16-5-3-7-21(16)22/h4,6,8,11-13,17,19-20H,3,5,7,9-10,14-15H2,1-2H3,(H,31,32)/t17-,20+. The first kappa shape index (κ1) is 22.5. The second kappa shape index (κ2) is 8.69. The molecule has 0 radical (unpaired) electrons. The van der Waals surface area contributed by atoms with E-state index in [2.05, 4.69) is 33.5 Å². The van der Waals surface area contributed by atoms with Crippen molar-refractivity contribution in [2.75, 3.05) is 27.3 Å². The van der Waals surface area contributed by atoms with Crippen molar-refractivity contribution < 1.29 is 14.3 Å². The van der Waals surface area contributed by atoms with E-state index in [-0.39, 0.29) is 24.0 Å². The van der Waals surface area contributed by atoms with Gasteiger partial charge in [-0.1, -0.05) is 18.2 Å². The average molecular weight is 499 g/mol. The number of fused-ring (bicyclic) bond motifs is 2. The zero-order chi connectivity index (χ0) is 25.1. The van der Waals surface area contributed by atoms with Crippen LogP contribution in [0, 0.1) is 5.92 Å². The van der Waals surface area contributed by atoms with Crippen molar-refractivity contribution in [2.45, 2.75) is 44.2 Å². The van der Waals surface area contributed by atoms with Crippen LogP contribution < -0.4 is 4.74 Å². The van der Waals surface area contributed by atoms with E-state index in [1.54, 1.807) is 14.2 Å². The monoisotopic (exact) mass is 498 g/mol. The van der Waals surface area contributed by atoms with Gasteiger partial charge in [0.15, 0.2) is 0 Å². The van der Waals surface area contributed by atoms with Crippen LogP contribution in [-0.4, -0.2) is 69.2 Å². The van der Waals surface area contributed by atoms with Gasteiger partial charge in [-0.25, -0.2) is 4.98 Å². The lowest BCUT2D eigenvalue weighted by Gasteiger charge is -2.44. The number of ether oxygens (including phenoxy) is 2. The van der Waals surface area contributed by atoms with E-state index in [9.17, 15) is 4.79 Å². The van der Waals surface area contributed by atoms with E-state index in [4.69, 9.17) is 14.5 Å². The third kappa shape index (κ3) is 3.63. The molecule has 37 heavy (non-hydrogen) atoms. The molecule has 4 aromatic rings. The first-order chi connectivity index (χ1) is 18.1. The Balaban J connectivity index is 1.15. The summed E-state index contributed by atoms with van der Waals surface area (Å²) in [6.07, 6.45) is 9.10. The van der Waals surface area contributed by atoms with Crippen LogP contribution in [0.2, 0.25) is 0 Å². The topological polar surface area (TPSA) is 98.2 Å². The van der Waals surface area contributed by atoms with Gasteiger partial charge in [-0.05, 0) is 43.2 Å². The van der Waals surface area contributed by atoms with Crippen LogP contribution in [0.25, 0.3) is 33.5 Å². The number of aryl methyl sites for hydroxylation is 1. The van der Waals surface area contributed by atoms with Gasteiger partial charge in [0.1, 0.15) is 22.7 Å². The van der Waals surface area contributed by atoms with Crippen molar-refractivity contribution in [1.29, 1.82) is 0 Å². The number of H-pyrrole nitrogens is 1. The highest BCUT2D eigenvalue weighted by Crippen LogP contribution is 2.39. The molecule has 1 saturated carbocycles. The van der Waals surface area contributed by atoms with Crippen LogP contribution >= 0.6 is 0 Å². The van der Waals surface area contributed by atoms with Crippen molar-refractivity contribution in [2.24, 2.45) is 5.92 Å². The zero-order valence-corrected chi connectivity index (χ0v) is 21.1. The number of hydrogen-bond acceptors (Lipinski definition) is 6. The maximum Gasteiger partial charge on any atom is 0.226 e. The molecule has 1 saturated heterocycles. The summed E-state index contributed by atoms with van der Waals surface area (Å²) >= 11 is 0. The van der Waals surface area contributed by atoms with E-state index in [1.807, 2.05) is 28.0 Å². The molecule has 1 amide bonds. The predicted molar refractivity (Wildman–Crippen MR) is 138 cm³/mol. The van der Waals surface area contributed by atoms with Crippen LogP contribution in [0.4, 0.5) is 0 Å². The number of carbonyl (C=O) groups excluding carboxylic acids is 1. The number of benzene rings is 1. The van der Waals surface area contributed by atoms with Crippen molar-refractivity contribution in [3.05, 3.63) is 47.8 Å². The van der Waals surface area contributed by atoms with E-state index >= 15 is 0 Å². The molecule has 0 atom stereocenters. The highest BCUT2D eigenvalue weighted by atomic mass is 16.5. The van der Waals surface area contributed by atoms with Gasteiger partial charge in [-0.2, -0.15) is 10.2 Å². The summed E-state index contributed by atoms with van der Waals surface area (Å²) in [5, 5.41) is 12.3. The molecule has 2 aliphatic carbocycles. The molecule has 190 valence electrons. The summed E-state index contributed by atoms with van der Waals surface area (Å²) in [5.41, 5.74) is 8.06. The SMILES string of the molecule is COc1cc2[nH]nc(-c3cnn(C4CN(C(=O)[C@H]5C[C@@H](OC)C5)C4)c3)c2nc1-c1cccc2c1CCC2. The molecule has 9 heteroatoms. The fourth-order valence-corrected chi connectivity index (χ4v) is 6.00. The second-order valence-corrected chi connectivity index (χ2v) is 10.4. The molecule has 1 N–H and O–H groups in total. The maximum absolute atomic E-state index is 12.7. The number of carbonyl (C=O) groups is 1. The summed E-state index contributed by atoms with van der Waals surface area (Å²) in [4.78, 5) is 19.7. The number of pyridine rings is 1. The number of rotatable bonds is 6. The average Bonchev–Trinajstić information content (AvgIpc) is 3.60. The number of amides is 1. The second-order valence-electron chi connectivity index (χ2n) is 10.4. The lowest BCUT2D eigenvalue weighted by atomic mass is 9.80. The highest BCUT2D eigenvalue weighted by Gasteiger charge is 2.41. The number of methoxy groups -OCH3 is 2. The van der Waals surface area contributed by atoms with Crippen LogP contribution in [0.3, 0.4) is 0 Å². The smallest absolute Gasteiger partial charge is 0.226 e. The van der Waals surface area contributed by atoms with Gasteiger partial charge in [0, 0.05) is 49.5 Å². The Morgan fingerprint density at radius 3 is 2.81 bits per heavy atom. The molecule has 3 aromatic heterocycles. The molecule has 7 rings (SSSR count). The Kier molecular flexibility index (Phi) is 5.28. The van der Waals surface area contributed by atoms with Crippen molar-refractivity contribution in [3.8, 4) is 28.3 Å². The van der Waals surface area contributed by atoms with Gasteiger partial charge in [0.25, 0.3) is 0 Å². The van der Waals surface area contributed by atoms with Gasteiger partial charge in [-0.15, -0.1) is 0 Å². The summed E-state index contributed by atoms with van der Waals surface area (Å²) in [6.45, 7) is 1.38. The zero-order valence-electron chi connectivity index (χ0n) is 21.1. The maximum atomic E-state index is 12.7. The molecular formula is C28H30N6O3. The van der Waals surface area contributed by atoms with E-state index in [0.29, 0.717) is 13.1 Å². The number of likely N-dealkylation sites (tertiary alicyclic amines) is 1. The summed E-state index contributed by atoms with van der Waals surface area (Å²) < 4.78 is 13.0. The van der Waals surface area contributed by atoms with Crippen molar-refractivity contribution in [3.63, 3.8) is 0 Å². The summed E-state index contributed by atoms with van der Waals surface area (Å²) in [6, 6.07) is 8.63. The quantitative estimate of drug-likeness (QED) is 0.434. The van der Waals surface area contributed by atoms with Crippen LogP contribution in [0.15, 0.2) is 36.7 Å². The molecule has 9 nitrogen and oxygen atoms in total. The Morgan fingerprint density at radius 1 is 1.14 bits per heavy atom. The lowest BCUT2D eigenvalue weighted by molar-refractivity contribution is -0.149. The van der Waals surface area contributed by atoms with Crippen molar-refractivity contribution >= 4 is 16.9 Å². The number of aromatic amines is 1. The Labute approximate surface area is 214 Å². The summed E-state index contributed by atoms with van der Waals surface area (Å²) in [7, 11) is 3.40. The van der Waals surface area contributed by atoms with Gasteiger partial charge < -0.3 is 14.4 Å². The first-order valence-electron chi connectivity index (χ1n) is 13.0. The molecule has 0 bridgehead atoms. The Hall–Kier alpha value is -3.72. The predicted octanol–water partition coefficient (Wildman–Crippen LogP) is 3.79. The molecule has 2 fully saturated rings. The first-order valence-corrected chi connectivity index (χ1v) is 13.0. The lowest BCUT2D eigenvalue weighted by Crippen LogP contribution is -2.55. The van der Waals surface area contributed by atoms with Gasteiger partial charge >= 0.3 is 0 Å². The molecular weight excluding hydrogens is 468 g/mol. The fraction of sp³-hybridized carbons (Fsp3) is 0.429. The minimum Gasteiger partial charge on any atom is -0.494 e. The molecule has 0 spiro atoms. The van der Waals surface area contributed by atoms with Crippen LogP contribution in [-0.2, 0) is 22.4 Å². The molecule has 0 unspecified atom stereocenters. The largest absolute Gasteiger partial charge is 0.494 e. The van der Waals surface area contributed by atoms with E-state index in [1.165, 1.54) is 17.5 Å². The third-order valence-electron chi connectivity index (χ3n) is 8.32. The minimum absolute atomic E-state index is 0.109. The van der Waals surface area contributed by atoms with E-state index < -0.39 is 0 Å². The Morgan fingerprint density at radius 2 is 2.00 bits per heavy atom. The van der Waals surface area contributed by atoms with Gasteiger partial charge in [0.2, 0.25) is 5.91 Å². The number of nitrogens with one attached hydrogen (secondary N) is 1. The third-order valence-corrected chi connectivity index (χ3v) is 8.32. The van der Waals surface area contributed by atoms with Crippen LogP contribution in [0.1, 0.15) is 36.4 Å². The Bertz CT molecular complexity index is 1500. The van der Waals surface area contributed by atoms with Gasteiger partial charge in [-0.3, -0.25) is 14.6 Å². The number of hydrogen-bond donors (Lipinski definition) is 1. The van der Waals surface area contributed by atoms with E-state index in [0.717, 1.165) is 65.0 Å². The van der Waals surface area contributed by atoms with Gasteiger partial charge in [0.05, 0.1) is 31.0 Å². The summed E-state index contributed by atoms with van der Waals surface area (Å²) in [5.74, 6) is 1.09. The number of aromatic nitrogens is 5. The number of nitrogens with zero attached hydrogens (tertiary/aromatic N) is 5. The van der Waals surface area contributed by atoms with Crippen LogP contribution in [0.5, 0.6) is 5.75 Å². The molecule has 1 aliphatic heterocycles. The highest BCUT2D eigenvalue weighted by molar-refractivity contribution is 5.93. The molecule has 3 aliphatic rings. The molecule has 1 aromatic carbocycles.